The fourth-order valence-electron chi connectivity index (χ4n) is 1.40. The van der Waals surface area contributed by atoms with Gasteiger partial charge in [-0.1, -0.05) is 41.9 Å². The number of aromatic hydroxyl groups is 2. The van der Waals surface area contributed by atoms with Crippen molar-refractivity contribution in [3.05, 3.63) is 47.5 Å². The van der Waals surface area contributed by atoms with E-state index in [2.05, 4.69) is 0 Å². The van der Waals surface area contributed by atoms with Crippen molar-refractivity contribution in [3.63, 3.8) is 0 Å². The van der Waals surface area contributed by atoms with Crippen LogP contribution in [-0.2, 0) is 0 Å². The van der Waals surface area contributed by atoms with Gasteiger partial charge in [-0.2, -0.15) is 0 Å². The second kappa shape index (κ2) is 3.83. The lowest BCUT2D eigenvalue weighted by Gasteiger charge is -2.07. The Kier molecular flexibility index (Phi) is 2.52. The summed E-state index contributed by atoms with van der Waals surface area (Å²) in [4.78, 5) is 0. The molecule has 0 saturated heterocycles. The van der Waals surface area contributed by atoms with Crippen molar-refractivity contribution in [1.82, 2.24) is 0 Å². The lowest BCUT2D eigenvalue weighted by molar-refractivity contribution is 0.404. The zero-order valence-electron chi connectivity index (χ0n) is 7.81. The van der Waals surface area contributed by atoms with E-state index in [4.69, 9.17) is 11.6 Å². The molecule has 0 radical (unpaired) electrons. The summed E-state index contributed by atoms with van der Waals surface area (Å²) < 4.78 is 0. The van der Waals surface area contributed by atoms with Crippen LogP contribution in [0.1, 0.15) is 0 Å². The number of hydrogen-bond acceptors (Lipinski definition) is 2. The third-order valence-electron chi connectivity index (χ3n) is 2.18. The summed E-state index contributed by atoms with van der Waals surface area (Å²) in [5, 5.41) is 18.9. The first-order valence-corrected chi connectivity index (χ1v) is 4.84. The SMILES string of the molecule is Oc1ccc(-c2ccccc2)c(Cl)c1O. The predicted molar refractivity (Wildman–Crippen MR) is 60.2 cm³/mol. The summed E-state index contributed by atoms with van der Waals surface area (Å²) in [6.45, 7) is 0. The van der Waals surface area contributed by atoms with Crippen molar-refractivity contribution in [2.75, 3.05) is 0 Å². The molecule has 2 aromatic rings. The quantitative estimate of drug-likeness (QED) is 0.723. The van der Waals surface area contributed by atoms with E-state index in [1.165, 1.54) is 6.07 Å². The van der Waals surface area contributed by atoms with Crippen LogP contribution < -0.4 is 0 Å². The summed E-state index contributed by atoms with van der Waals surface area (Å²) >= 11 is 5.92. The van der Waals surface area contributed by atoms with Crippen molar-refractivity contribution in [1.29, 1.82) is 0 Å². The van der Waals surface area contributed by atoms with Crippen molar-refractivity contribution < 1.29 is 10.2 Å². The van der Waals surface area contributed by atoms with Crippen LogP contribution in [0.25, 0.3) is 11.1 Å². The molecule has 0 aliphatic carbocycles. The van der Waals surface area contributed by atoms with Gasteiger partial charge in [0, 0.05) is 5.56 Å². The minimum Gasteiger partial charge on any atom is -0.504 e. The number of halogens is 1. The minimum absolute atomic E-state index is 0.168. The van der Waals surface area contributed by atoms with E-state index in [9.17, 15) is 10.2 Å². The Balaban J connectivity index is 2.60. The van der Waals surface area contributed by atoms with E-state index in [0.29, 0.717) is 5.56 Å². The van der Waals surface area contributed by atoms with Gasteiger partial charge >= 0.3 is 0 Å². The van der Waals surface area contributed by atoms with Crippen molar-refractivity contribution in [3.8, 4) is 22.6 Å². The zero-order chi connectivity index (χ0) is 10.8. The number of hydrogen-bond donors (Lipinski definition) is 2. The number of benzene rings is 2. The Morgan fingerprint density at radius 1 is 0.867 bits per heavy atom. The van der Waals surface area contributed by atoms with E-state index in [0.717, 1.165) is 5.56 Å². The topological polar surface area (TPSA) is 40.5 Å². The molecule has 0 aromatic heterocycles. The van der Waals surface area contributed by atoms with Gasteiger partial charge in [0.05, 0.1) is 5.02 Å². The molecule has 2 rings (SSSR count). The fourth-order valence-corrected chi connectivity index (χ4v) is 1.66. The maximum absolute atomic E-state index is 9.47. The van der Waals surface area contributed by atoms with Gasteiger partial charge in [0.1, 0.15) is 0 Å². The molecule has 0 heterocycles. The van der Waals surface area contributed by atoms with Gasteiger partial charge in [-0.3, -0.25) is 0 Å². The molecule has 2 nitrogen and oxygen atoms in total. The molecule has 0 saturated carbocycles. The number of phenolic OH excluding ortho intramolecular Hbond substituents is 2. The van der Waals surface area contributed by atoms with Crippen molar-refractivity contribution in [2.24, 2.45) is 0 Å². The van der Waals surface area contributed by atoms with Crippen LogP contribution in [0.15, 0.2) is 42.5 Å². The second-order valence-electron chi connectivity index (χ2n) is 3.16. The molecular weight excluding hydrogens is 212 g/mol. The van der Waals surface area contributed by atoms with Crippen LogP contribution >= 0.6 is 11.6 Å². The Morgan fingerprint density at radius 3 is 2.20 bits per heavy atom. The molecule has 0 fully saturated rings. The predicted octanol–water partition coefficient (Wildman–Crippen LogP) is 3.42. The summed E-state index contributed by atoms with van der Waals surface area (Å²) in [6, 6.07) is 12.5. The third-order valence-corrected chi connectivity index (χ3v) is 2.56. The van der Waals surface area contributed by atoms with Gasteiger partial charge in [-0.05, 0) is 17.7 Å². The van der Waals surface area contributed by atoms with E-state index in [-0.39, 0.29) is 16.5 Å². The summed E-state index contributed by atoms with van der Waals surface area (Å²) in [5.41, 5.74) is 1.60. The standard InChI is InChI=1S/C12H9ClO2/c13-11-9(6-7-10(14)12(11)15)8-4-2-1-3-5-8/h1-7,14-15H. The first-order valence-electron chi connectivity index (χ1n) is 4.46. The Labute approximate surface area is 92.4 Å². The maximum Gasteiger partial charge on any atom is 0.177 e. The van der Waals surface area contributed by atoms with Crippen LogP contribution in [-0.4, -0.2) is 10.2 Å². The molecule has 0 spiro atoms. The Hall–Kier alpha value is -1.67. The van der Waals surface area contributed by atoms with Gasteiger partial charge in [0.25, 0.3) is 0 Å². The Morgan fingerprint density at radius 2 is 1.53 bits per heavy atom. The van der Waals surface area contributed by atoms with Gasteiger partial charge in [0.2, 0.25) is 0 Å². The van der Waals surface area contributed by atoms with Crippen LogP contribution in [0.2, 0.25) is 5.02 Å². The molecule has 0 aliphatic heterocycles. The summed E-state index contributed by atoms with van der Waals surface area (Å²) in [6.07, 6.45) is 0. The van der Waals surface area contributed by atoms with Crippen molar-refractivity contribution in [2.45, 2.75) is 0 Å². The van der Waals surface area contributed by atoms with Gasteiger partial charge in [-0.25, -0.2) is 0 Å². The van der Waals surface area contributed by atoms with Crippen LogP contribution in [0, 0.1) is 0 Å². The van der Waals surface area contributed by atoms with Gasteiger partial charge in [0.15, 0.2) is 11.5 Å². The fraction of sp³-hybridized carbons (Fsp3) is 0. The van der Waals surface area contributed by atoms with E-state index >= 15 is 0 Å². The highest BCUT2D eigenvalue weighted by Crippen LogP contribution is 2.40. The lowest BCUT2D eigenvalue weighted by atomic mass is 10.1. The smallest absolute Gasteiger partial charge is 0.177 e. The van der Waals surface area contributed by atoms with Gasteiger partial charge < -0.3 is 10.2 Å². The molecule has 2 aromatic carbocycles. The largest absolute Gasteiger partial charge is 0.504 e. The average molecular weight is 221 g/mol. The molecule has 2 N–H and O–H groups in total. The molecular formula is C12H9ClO2. The number of phenols is 2. The van der Waals surface area contributed by atoms with Crippen LogP contribution in [0.4, 0.5) is 0 Å². The van der Waals surface area contributed by atoms with Gasteiger partial charge in [-0.15, -0.1) is 0 Å². The monoisotopic (exact) mass is 220 g/mol. The molecule has 3 heteroatoms. The average Bonchev–Trinajstić information content (AvgIpc) is 2.27. The number of rotatable bonds is 1. The van der Waals surface area contributed by atoms with E-state index in [1.807, 2.05) is 30.3 Å². The normalized spacial score (nSPS) is 10.2. The highest BCUT2D eigenvalue weighted by Gasteiger charge is 2.10. The molecule has 0 amide bonds. The molecule has 0 bridgehead atoms. The highest BCUT2D eigenvalue weighted by atomic mass is 35.5. The van der Waals surface area contributed by atoms with Crippen LogP contribution in [0.5, 0.6) is 11.5 Å². The molecule has 0 aliphatic rings. The third kappa shape index (κ3) is 1.76. The maximum atomic E-state index is 9.47. The van der Waals surface area contributed by atoms with Crippen LogP contribution in [0.3, 0.4) is 0 Å². The van der Waals surface area contributed by atoms with E-state index in [1.54, 1.807) is 6.07 Å². The Bertz CT molecular complexity index is 480. The first-order chi connectivity index (χ1) is 7.20. The highest BCUT2D eigenvalue weighted by molar-refractivity contribution is 6.35. The minimum atomic E-state index is -0.280. The lowest BCUT2D eigenvalue weighted by Crippen LogP contribution is -1.80. The summed E-state index contributed by atoms with van der Waals surface area (Å²) in [7, 11) is 0. The van der Waals surface area contributed by atoms with Crippen molar-refractivity contribution >= 4 is 11.6 Å². The van der Waals surface area contributed by atoms with E-state index < -0.39 is 0 Å². The molecule has 15 heavy (non-hydrogen) atoms. The second-order valence-corrected chi connectivity index (χ2v) is 3.54. The molecule has 0 unspecified atom stereocenters. The summed E-state index contributed by atoms with van der Waals surface area (Å²) in [5.74, 6) is -0.488. The zero-order valence-corrected chi connectivity index (χ0v) is 8.57. The first kappa shape index (κ1) is 9.87. The molecule has 76 valence electrons. The molecule has 0 atom stereocenters.